The maximum atomic E-state index is 6.16. The van der Waals surface area contributed by atoms with Gasteiger partial charge in [0.15, 0.2) is 7.38 Å². The number of halogens is 1. The molecule has 0 aromatic rings. The third-order valence-corrected chi connectivity index (χ3v) is 4.41. The van der Waals surface area contributed by atoms with Crippen molar-refractivity contribution >= 4 is 18.5 Å². The fraction of sp³-hybridized carbons (Fsp3) is 0.750. The second-order valence-corrected chi connectivity index (χ2v) is 9.67. The van der Waals surface area contributed by atoms with E-state index < -0.39 is 7.38 Å². The fourth-order valence-electron chi connectivity index (χ4n) is 0.687. The van der Waals surface area contributed by atoms with E-state index in [0.29, 0.717) is 0 Å². The molecule has 0 amide bonds. The van der Waals surface area contributed by atoms with Gasteiger partial charge in [-0.3, -0.25) is 0 Å². The summed E-state index contributed by atoms with van der Waals surface area (Å²) in [5, 5.41) is 1.29. The predicted octanol–water partition coefficient (Wildman–Crippen LogP) is 3.72. The molecular formula is C8H17ClSi. The maximum absolute atomic E-state index is 6.16. The predicted molar refractivity (Wildman–Crippen MR) is 52.0 cm³/mol. The van der Waals surface area contributed by atoms with E-state index in [-0.39, 0.29) is 0 Å². The highest BCUT2D eigenvalue weighted by molar-refractivity contribution is 7.22. The average Bonchev–Trinajstić information content (AvgIpc) is 1.80. The van der Waals surface area contributed by atoms with Crippen molar-refractivity contribution in [2.24, 2.45) is 0 Å². The quantitative estimate of drug-likeness (QED) is 0.453. The molecule has 0 aromatic heterocycles. The Morgan fingerprint density at radius 1 is 1.50 bits per heavy atom. The molecule has 0 aliphatic carbocycles. The lowest BCUT2D eigenvalue weighted by Gasteiger charge is -2.15. The van der Waals surface area contributed by atoms with E-state index in [9.17, 15) is 0 Å². The molecule has 0 bridgehead atoms. The molecule has 60 valence electrons. The first-order valence-electron chi connectivity index (χ1n) is 3.85. The number of hydrogen-bond acceptors (Lipinski definition) is 0. The Morgan fingerprint density at radius 2 is 2.00 bits per heavy atom. The second kappa shape index (κ2) is 4.19. The van der Waals surface area contributed by atoms with Gasteiger partial charge in [0.25, 0.3) is 0 Å². The van der Waals surface area contributed by atoms with E-state index in [0.717, 1.165) is 6.42 Å². The lowest BCUT2D eigenvalue weighted by atomic mass is 10.2. The topological polar surface area (TPSA) is 0 Å². The Bertz CT molecular complexity index is 113. The largest absolute Gasteiger partial charge is 0.176 e. The van der Waals surface area contributed by atoms with Crippen LogP contribution in [-0.4, -0.2) is 7.38 Å². The van der Waals surface area contributed by atoms with E-state index in [4.69, 9.17) is 11.1 Å². The summed E-state index contributed by atoms with van der Waals surface area (Å²) >= 11 is 6.16. The molecule has 0 N–H and O–H groups in total. The van der Waals surface area contributed by atoms with Crippen LogP contribution in [0.5, 0.6) is 0 Å². The number of rotatable bonds is 4. The van der Waals surface area contributed by atoms with Crippen LogP contribution in [0.1, 0.15) is 26.2 Å². The van der Waals surface area contributed by atoms with Gasteiger partial charge in [-0.25, -0.2) is 0 Å². The minimum atomic E-state index is -1.52. The van der Waals surface area contributed by atoms with Crippen LogP contribution in [0.15, 0.2) is 11.8 Å². The Morgan fingerprint density at radius 3 is 2.30 bits per heavy atom. The summed E-state index contributed by atoms with van der Waals surface area (Å²) in [5.41, 5.74) is 0. The molecule has 0 saturated carbocycles. The van der Waals surface area contributed by atoms with Gasteiger partial charge >= 0.3 is 0 Å². The second-order valence-electron chi connectivity index (χ2n) is 3.18. The van der Waals surface area contributed by atoms with Crippen molar-refractivity contribution in [3.8, 4) is 0 Å². The van der Waals surface area contributed by atoms with Crippen LogP contribution in [0.25, 0.3) is 0 Å². The highest BCUT2D eigenvalue weighted by Gasteiger charge is 2.19. The molecule has 0 heterocycles. The monoisotopic (exact) mass is 176 g/mol. The number of unbranched alkanes of at least 4 members (excludes halogenated alkanes) is 1. The lowest BCUT2D eigenvalue weighted by Crippen LogP contribution is -2.19. The van der Waals surface area contributed by atoms with E-state index in [2.05, 4.69) is 26.6 Å². The third-order valence-electron chi connectivity index (χ3n) is 1.67. The summed E-state index contributed by atoms with van der Waals surface area (Å²) in [5.74, 6) is 0. The van der Waals surface area contributed by atoms with Gasteiger partial charge < -0.3 is 0 Å². The average molecular weight is 177 g/mol. The van der Waals surface area contributed by atoms with Gasteiger partial charge in [-0.2, -0.15) is 11.1 Å². The first-order valence-corrected chi connectivity index (χ1v) is 7.87. The Balaban J connectivity index is 3.64. The van der Waals surface area contributed by atoms with Crippen LogP contribution in [0, 0.1) is 0 Å². The molecule has 0 radical (unpaired) electrons. The zero-order valence-electron chi connectivity index (χ0n) is 7.21. The van der Waals surface area contributed by atoms with Crippen molar-refractivity contribution in [1.82, 2.24) is 0 Å². The summed E-state index contributed by atoms with van der Waals surface area (Å²) in [4.78, 5) is 0. The van der Waals surface area contributed by atoms with E-state index >= 15 is 0 Å². The standard InChI is InChI=1S/C8H17ClSi/c1-5-6-7-8(2)10(3,4)9/h2,5-7H2,1,3-4H3. The minimum Gasteiger partial charge on any atom is -0.162 e. The molecule has 0 unspecified atom stereocenters. The van der Waals surface area contributed by atoms with Crippen LogP contribution < -0.4 is 0 Å². The molecule has 2 heteroatoms. The molecule has 0 aromatic carbocycles. The van der Waals surface area contributed by atoms with Crippen LogP contribution in [0.3, 0.4) is 0 Å². The van der Waals surface area contributed by atoms with Crippen LogP contribution in [-0.2, 0) is 0 Å². The van der Waals surface area contributed by atoms with Crippen LogP contribution >= 0.6 is 11.1 Å². The molecular weight excluding hydrogens is 160 g/mol. The van der Waals surface area contributed by atoms with Gasteiger partial charge in [0.1, 0.15) is 0 Å². The summed E-state index contributed by atoms with van der Waals surface area (Å²) in [6, 6.07) is 0. The van der Waals surface area contributed by atoms with Crippen molar-refractivity contribution < 1.29 is 0 Å². The van der Waals surface area contributed by atoms with Gasteiger partial charge in [0.05, 0.1) is 0 Å². The SMILES string of the molecule is C=C(CCCC)[Si](C)(C)Cl. The van der Waals surface area contributed by atoms with Crippen LogP contribution in [0.4, 0.5) is 0 Å². The molecule has 0 rings (SSSR count). The molecule has 0 saturated heterocycles. The highest BCUT2D eigenvalue weighted by Crippen LogP contribution is 2.21. The maximum Gasteiger partial charge on any atom is 0.176 e. The van der Waals surface area contributed by atoms with E-state index in [1.54, 1.807) is 0 Å². The summed E-state index contributed by atoms with van der Waals surface area (Å²) in [7, 11) is -1.52. The Hall–Kier alpha value is 0.247. The molecule has 0 aliphatic rings. The Labute approximate surface area is 70.0 Å². The van der Waals surface area contributed by atoms with Gasteiger partial charge in [-0.15, -0.1) is 6.58 Å². The van der Waals surface area contributed by atoms with Gasteiger partial charge in [-0.1, -0.05) is 38.1 Å². The smallest absolute Gasteiger partial charge is 0.162 e. The van der Waals surface area contributed by atoms with Gasteiger partial charge in [0.2, 0.25) is 0 Å². The van der Waals surface area contributed by atoms with Gasteiger partial charge in [0, 0.05) is 0 Å². The first-order chi connectivity index (χ1) is 4.48. The van der Waals surface area contributed by atoms with Crippen molar-refractivity contribution in [1.29, 1.82) is 0 Å². The normalized spacial score (nSPS) is 11.6. The van der Waals surface area contributed by atoms with Crippen LogP contribution in [0.2, 0.25) is 13.1 Å². The molecule has 0 aliphatic heterocycles. The fourth-order valence-corrected chi connectivity index (χ4v) is 1.74. The minimum absolute atomic E-state index is 1.12. The summed E-state index contributed by atoms with van der Waals surface area (Å²) in [6.07, 6.45) is 3.60. The first kappa shape index (κ1) is 10.2. The zero-order chi connectivity index (χ0) is 8.20. The summed E-state index contributed by atoms with van der Waals surface area (Å²) < 4.78 is 0. The molecule has 0 fully saturated rings. The molecule has 10 heavy (non-hydrogen) atoms. The van der Waals surface area contributed by atoms with E-state index in [1.807, 2.05) is 0 Å². The molecule has 0 nitrogen and oxygen atoms in total. The van der Waals surface area contributed by atoms with Crippen molar-refractivity contribution in [3.63, 3.8) is 0 Å². The zero-order valence-corrected chi connectivity index (χ0v) is 8.96. The van der Waals surface area contributed by atoms with Gasteiger partial charge in [-0.05, 0) is 6.42 Å². The molecule has 0 atom stereocenters. The van der Waals surface area contributed by atoms with E-state index in [1.165, 1.54) is 18.0 Å². The lowest BCUT2D eigenvalue weighted by molar-refractivity contribution is 0.805. The Kier molecular flexibility index (Phi) is 4.30. The number of allylic oxidation sites excluding steroid dienone is 1. The molecule has 0 spiro atoms. The number of hydrogen-bond donors (Lipinski definition) is 0. The third kappa shape index (κ3) is 4.12. The van der Waals surface area contributed by atoms with Crippen molar-refractivity contribution in [2.45, 2.75) is 39.3 Å². The summed E-state index contributed by atoms with van der Waals surface area (Å²) in [6.45, 7) is 10.4. The van der Waals surface area contributed by atoms with Crippen molar-refractivity contribution in [3.05, 3.63) is 11.8 Å². The highest BCUT2D eigenvalue weighted by atomic mass is 35.6. The van der Waals surface area contributed by atoms with Crippen molar-refractivity contribution in [2.75, 3.05) is 0 Å².